The number of nitrogens with one attached hydrogen (secondary N) is 1. The van der Waals surface area contributed by atoms with Gasteiger partial charge in [0.05, 0.1) is 0 Å². The van der Waals surface area contributed by atoms with Crippen LogP contribution >= 0.6 is 0 Å². The Morgan fingerprint density at radius 2 is 2.18 bits per heavy atom. The fraction of sp³-hybridized carbons (Fsp3) is 0.571. The highest BCUT2D eigenvalue weighted by Crippen LogP contribution is 2.24. The van der Waals surface area contributed by atoms with Gasteiger partial charge in [0.15, 0.2) is 0 Å². The van der Waals surface area contributed by atoms with Crippen LogP contribution < -0.4 is 4.72 Å². The van der Waals surface area contributed by atoms with Crippen molar-refractivity contribution in [3.8, 4) is 0 Å². The fourth-order valence-electron chi connectivity index (χ4n) is 2.22. The van der Waals surface area contributed by atoms with Crippen molar-refractivity contribution in [1.82, 2.24) is 14.0 Å². The quantitative estimate of drug-likeness (QED) is 0.742. The van der Waals surface area contributed by atoms with E-state index in [0.29, 0.717) is 5.56 Å². The Hall–Kier alpha value is -1.51. The van der Waals surface area contributed by atoms with Crippen molar-refractivity contribution in [1.29, 1.82) is 0 Å². The number of carboxylic acids is 1. The van der Waals surface area contributed by atoms with E-state index < -0.39 is 22.2 Å². The predicted molar refractivity (Wildman–Crippen MR) is 81.1 cm³/mol. The summed E-state index contributed by atoms with van der Waals surface area (Å²) >= 11 is 0. The van der Waals surface area contributed by atoms with E-state index in [9.17, 15) is 18.3 Å². The Morgan fingerprint density at radius 3 is 2.64 bits per heavy atom. The summed E-state index contributed by atoms with van der Waals surface area (Å²) in [6.45, 7) is 3.37. The molecule has 1 saturated carbocycles. The second kappa shape index (κ2) is 6.72. The molecule has 0 saturated heterocycles. The first kappa shape index (κ1) is 16.9. The van der Waals surface area contributed by atoms with E-state index in [4.69, 9.17) is 0 Å². The largest absolute Gasteiger partial charge is 0.480 e. The van der Waals surface area contributed by atoms with Crippen LogP contribution in [0.4, 0.5) is 0 Å². The molecule has 0 spiro atoms. The molecule has 0 aromatic carbocycles. The molecule has 1 aliphatic carbocycles. The first-order valence-corrected chi connectivity index (χ1v) is 8.66. The highest BCUT2D eigenvalue weighted by atomic mass is 32.2. The van der Waals surface area contributed by atoms with E-state index >= 15 is 0 Å². The van der Waals surface area contributed by atoms with Crippen LogP contribution in [0.5, 0.6) is 0 Å². The van der Waals surface area contributed by atoms with Crippen LogP contribution in [-0.4, -0.2) is 40.9 Å². The molecule has 0 bridgehead atoms. The third-order valence-electron chi connectivity index (χ3n) is 3.46. The number of pyridine rings is 1. The van der Waals surface area contributed by atoms with Crippen LogP contribution in [0.3, 0.4) is 0 Å². The second-order valence-corrected chi connectivity index (χ2v) is 7.49. The molecule has 1 aromatic rings. The minimum Gasteiger partial charge on any atom is -0.480 e. The van der Waals surface area contributed by atoms with Crippen molar-refractivity contribution in [2.24, 2.45) is 5.92 Å². The molecule has 1 unspecified atom stereocenters. The summed E-state index contributed by atoms with van der Waals surface area (Å²) in [7, 11) is -3.87. The van der Waals surface area contributed by atoms with Gasteiger partial charge in [0.25, 0.3) is 10.2 Å². The number of hydrogen-bond donors (Lipinski definition) is 2. The zero-order chi connectivity index (χ0) is 16.3. The molecule has 8 heteroatoms. The highest BCUT2D eigenvalue weighted by Gasteiger charge is 2.39. The first-order chi connectivity index (χ1) is 10.3. The number of rotatable bonds is 8. The summed E-state index contributed by atoms with van der Waals surface area (Å²) in [6.07, 6.45) is 4.71. The molecule has 0 radical (unpaired) electrons. The molecule has 0 aliphatic heterocycles. The minimum absolute atomic E-state index is 0.0228. The lowest BCUT2D eigenvalue weighted by Gasteiger charge is -2.30. The van der Waals surface area contributed by atoms with E-state index in [1.165, 1.54) is 0 Å². The summed E-state index contributed by atoms with van der Waals surface area (Å²) < 4.78 is 28.7. The Morgan fingerprint density at radius 1 is 1.50 bits per heavy atom. The van der Waals surface area contributed by atoms with Crippen molar-refractivity contribution in [3.05, 3.63) is 30.1 Å². The van der Waals surface area contributed by atoms with Crippen molar-refractivity contribution < 1.29 is 18.3 Å². The third kappa shape index (κ3) is 4.25. The van der Waals surface area contributed by atoms with E-state index in [1.54, 1.807) is 38.4 Å². The van der Waals surface area contributed by atoms with Crippen molar-refractivity contribution in [3.63, 3.8) is 0 Å². The summed E-state index contributed by atoms with van der Waals surface area (Å²) in [6, 6.07) is 2.21. The van der Waals surface area contributed by atoms with Gasteiger partial charge in [0.1, 0.15) is 6.04 Å². The van der Waals surface area contributed by atoms with Crippen LogP contribution in [-0.2, 0) is 21.5 Å². The van der Waals surface area contributed by atoms with Crippen LogP contribution in [0.25, 0.3) is 0 Å². The smallest absolute Gasteiger partial charge is 0.322 e. The number of carbonyl (C=O) groups is 1. The predicted octanol–water partition coefficient (Wildman–Crippen LogP) is 0.990. The van der Waals surface area contributed by atoms with Gasteiger partial charge < -0.3 is 5.11 Å². The van der Waals surface area contributed by atoms with Gasteiger partial charge in [-0.3, -0.25) is 9.78 Å². The molecule has 7 nitrogen and oxygen atoms in total. The summed E-state index contributed by atoms with van der Waals surface area (Å²) in [5.41, 5.74) is 0.649. The van der Waals surface area contributed by atoms with Gasteiger partial charge in [-0.15, -0.1) is 0 Å². The molecular weight excluding hydrogens is 306 g/mol. The SMILES string of the molecule is CC(C)C(C(=O)O)N(Cc1cccnc1)S(=O)(=O)NC1CC1. The lowest BCUT2D eigenvalue weighted by Crippen LogP contribution is -2.52. The monoisotopic (exact) mass is 327 g/mol. The van der Waals surface area contributed by atoms with Crippen LogP contribution in [0.1, 0.15) is 32.3 Å². The van der Waals surface area contributed by atoms with E-state index in [-0.39, 0.29) is 18.5 Å². The average molecular weight is 327 g/mol. The van der Waals surface area contributed by atoms with Gasteiger partial charge in [0.2, 0.25) is 0 Å². The van der Waals surface area contributed by atoms with Crippen LogP contribution in [0.15, 0.2) is 24.5 Å². The molecule has 1 aromatic heterocycles. The standard InChI is InChI=1S/C14H21N3O4S/c1-10(2)13(14(18)19)17(9-11-4-3-7-15-8-11)22(20,21)16-12-5-6-12/h3-4,7-8,10,12-13,16H,5-6,9H2,1-2H3,(H,18,19). The Balaban J connectivity index is 2.32. The maximum absolute atomic E-state index is 12.6. The molecule has 1 aliphatic rings. The van der Waals surface area contributed by atoms with Crippen LogP contribution in [0.2, 0.25) is 0 Å². The van der Waals surface area contributed by atoms with Crippen molar-refractivity contribution in [2.75, 3.05) is 0 Å². The molecule has 122 valence electrons. The average Bonchev–Trinajstić information content (AvgIpc) is 3.21. The Labute approximate surface area is 130 Å². The lowest BCUT2D eigenvalue weighted by atomic mass is 10.0. The number of aromatic nitrogens is 1. The van der Waals surface area contributed by atoms with E-state index in [2.05, 4.69) is 9.71 Å². The van der Waals surface area contributed by atoms with Gasteiger partial charge in [0, 0.05) is 25.0 Å². The van der Waals surface area contributed by atoms with Crippen molar-refractivity contribution in [2.45, 2.75) is 45.3 Å². The molecule has 1 atom stereocenters. The first-order valence-electron chi connectivity index (χ1n) is 7.22. The molecule has 2 N–H and O–H groups in total. The van der Waals surface area contributed by atoms with Gasteiger partial charge in [-0.1, -0.05) is 19.9 Å². The molecular formula is C14H21N3O4S. The summed E-state index contributed by atoms with van der Waals surface area (Å²) in [4.78, 5) is 15.5. The topological polar surface area (TPSA) is 99.6 Å². The lowest BCUT2D eigenvalue weighted by molar-refractivity contribution is -0.143. The molecule has 1 fully saturated rings. The van der Waals surface area contributed by atoms with Gasteiger partial charge in [-0.05, 0) is 30.4 Å². The zero-order valence-corrected chi connectivity index (χ0v) is 13.5. The van der Waals surface area contributed by atoms with Gasteiger partial charge >= 0.3 is 5.97 Å². The second-order valence-electron chi connectivity index (χ2n) is 5.83. The number of aliphatic carboxylic acids is 1. The Bertz CT molecular complexity index is 614. The summed E-state index contributed by atoms with van der Waals surface area (Å²) in [5.74, 6) is -1.51. The third-order valence-corrected chi connectivity index (χ3v) is 5.06. The van der Waals surface area contributed by atoms with Crippen LogP contribution in [0, 0.1) is 5.92 Å². The number of nitrogens with zero attached hydrogens (tertiary/aromatic N) is 2. The maximum atomic E-state index is 12.6. The van der Waals surface area contributed by atoms with Crippen molar-refractivity contribution >= 4 is 16.2 Å². The number of carboxylic acid groups (broad SMARTS) is 1. The molecule has 0 amide bonds. The maximum Gasteiger partial charge on any atom is 0.322 e. The van der Waals surface area contributed by atoms with E-state index in [0.717, 1.165) is 17.1 Å². The van der Waals surface area contributed by atoms with E-state index in [1.807, 2.05) is 0 Å². The highest BCUT2D eigenvalue weighted by molar-refractivity contribution is 7.87. The molecule has 1 heterocycles. The molecule has 22 heavy (non-hydrogen) atoms. The minimum atomic E-state index is -3.87. The Kier molecular flexibility index (Phi) is 5.15. The molecule has 2 rings (SSSR count). The normalized spacial score (nSPS) is 16.9. The van der Waals surface area contributed by atoms with Gasteiger partial charge in [-0.2, -0.15) is 17.4 Å². The van der Waals surface area contributed by atoms with Gasteiger partial charge in [-0.25, -0.2) is 0 Å². The fourth-order valence-corrected chi connectivity index (χ4v) is 3.97. The zero-order valence-electron chi connectivity index (χ0n) is 12.6. The summed E-state index contributed by atoms with van der Waals surface area (Å²) in [5, 5.41) is 9.46. The number of hydrogen-bond acceptors (Lipinski definition) is 4.